The second kappa shape index (κ2) is 10.4. The highest BCUT2D eigenvalue weighted by molar-refractivity contribution is 6.05. The Morgan fingerprint density at radius 3 is 2.72 bits per heavy atom. The van der Waals surface area contributed by atoms with Crippen LogP contribution in [0.25, 0.3) is 16.9 Å². The number of halogens is 3. The summed E-state index contributed by atoms with van der Waals surface area (Å²) in [5.74, 6) is -1.31. The molecular weight excluding hydrogens is 507 g/mol. The summed E-state index contributed by atoms with van der Waals surface area (Å²) in [4.78, 5) is 29.4. The minimum Gasteiger partial charge on any atom is -0.324 e. The minimum absolute atomic E-state index is 0.0871. The molecule has 0 aliphatic carbocycles. The molecule has 0 bridgehead atoms. The number of hydrogen-bond acceptors (Lipinski definition) is 6. The Balaban J connectivity index is 1.61. The lowest BCUT2D eigenvalue weighted by Crippen LogP contribution is -2.14. The Hall–Kier alpha value is -5.06. The van der Waals surface area contributed by atoms with Gasteiger partial charge in [0.05, 0.1) is 28.7 Å². The molecule has 39 heavy (non-hydrogen) atoms. The number of amides is 1. The summed E-state index contributed by atoms with van der Waals surface area (Å²) in [5, 5.41) is 4.77. The molecule has 2 N–H and O–H groups in total. The Morgan fingerprint density at radius 2 is 1.97 bits per heavy atom. The summed E-state index contributed by atoms with van der Waals surface area (Å²) in [7, 11) is 0. The standard InChI is InChI=1S/C28H22F3N7O/c1-17-5-6-19(10-25(17)37-27-33-9-7-24(36-27)20-4-3-8-32-14-20)26(39)35-22-11-21(28(29,30)31)12-23(13-22)38-15-18(2)34-16-38/h3-16H,1-2H3,(H,35,39)(H,33,36,37)/i1D3,2D3,11D,12D,13D,15D,16D. The Bertz CT molecular complexity index is 2120. The third-order valence-electron chi connectivity index (χ3n) is 5.10. The van der Waals surface area contributed by atoms with Crippen molar-refractivity contribution in [2.24, 2.45) is 0 Å². The second-order valence-electron chi connectivity index (χ2n) is 7.83. The van der Waals surface area contributed by atoms with Crippen molar-refractivity contribution in [2.45, 2.75) is 19.9 Å². The van der Waals surface area contributed by atoms with Crippen LogP contribution in [0.5, 0.6) is 0 Å². The van der Waals surface area contributed by atoms with Crippen molar-refractivity contribution in [3.8, 4) is 16.9 Å². The van der Waals surface area contributed by atoms with Crippen LogP contribution in [0.1, 0.15) is 42.3 Å². The summed E-state index contributed by atoms with van der Waals surface area (Å²) in [5.41, 5.74) is -4.99. The molecule has 0 radical (unpaired) electrons. The summed E-state index contributed by atoms with van der Waals surface area (Å²) in [6.45, 7) is -5.82. The number of aromatic nitrogens is 5. The lowest BCUT2D eigenvalue weighted by atomic mass is 10.1. The van der Waals surface area contributed by atoms with E-state index in [1.807, 2.05) is 5.32 Å². The van der Waals surface area contributed by atoms with Gasteiger partial charge in [0, 0.05) is 61.2 Å². The van der Waals surface area contributed by atoms with Crippen LogP contribution in [-0.2, 0) is 6.18 Å². The Kier molecular flexibility index (Phi) is 4.09. The molecule has 0 saturated carbocycles. The van der Waals surface area contributed by atoms with Gasteiger partial charge in [-0.1, -0.05) is 6.07 Å². The molecule has 0 aliphatic rings. The molecule has 11 heteroatoms. The van der Waals surface area contributed by atoms with Crippen LogP contribution in [0.15, 0.2) is 85.6 Å². The number of carbonyl (C=O) groups excluding carboxylic acids is 1. The molecule has 5 aromatic rings. The van der Waals surface area contributed by atoms with E-state index in [2.05, 4.69) is 25.3 Å². The number of rotatable bonds is 6. The van der Waals surface area contributed by atoms with Crippen LogP contribution >= 0.6 is 0 Å². The number of benzene rings is 2. The van der Waals surface area contributed by atoms with Gasteiger partial charge in [-0.15, -0.1) is 0 Å². The van der Waals surface area contributed by atoms with Crippen molar-refractivity contribution in [2.75, 3.05) is 10.6 Å². The van der Waals surface area contributed by atoms with Crippen LogP contribution < -0.4 is 10.6 Å². The molecule has 0 spiro atoms. The summed E-state index contributed by atoms with van der Waals surface area (Å²) in [6, 6.07) is 3.92. The molecular formula is C28H22F3N7O. The predicted molar refractivity (Wildman–Crippen MR) is 141 cm³/mol. The first-order valence-electron chi connectivity index (χ1n) is 16.4. The number of imidazole rings is 1. The molecule has 8 nitrogen and oxygen atoms in total. The SMILES string of the molecule is [2H]c1c(NC(=O)c2ccc(C([2H])([2H])[2H])c(Nc3nccc(-c4cccnc4)n3)c2)c([2H])c(C(F)(F)F)c([2H])c1-n1c([2H])nc(C([2H])([2H])[2H])c1[2H]. The zero-order valence-electron chi connectivity index (χ0n) is 30.5. The summed E-state index contributed by atoms with van der Waals surface area (Å²) < 4.78 is 131. The molecule has 5 rings (SSSR count). The molecule has 0 atom stereocenters. The largest absolute Gasteiger partial charge is 0.416 e. The van der Waals surface area contributed by atoms with E-state index in [-0.39, 0.29) is 27.3 Å². The van der Waals surface area contributed by atoms with Gasteiger partial charge in [-0.25, -0.2) is 15.0 Å². The highest BCUT2D eigenvalue weighted by Crippen LogP contribution is 2.33. The molecule has 0 saturated heterocycles. The maximum Gasteiger partial charge on any atom is 0.416 e. The summed E-state index contributed by atoms with van der Waals surface area (Å²) in [6.07, 6.45) is -3.15. The first-order chi connectivity index (χ1) is 23.2. The predicted octanol–water partition coefficient (Wildman–Crippen LogP) is 6.36. The smallest absolute Gasteiger partial charge is 0.324 e. The van der Waals surface area contributed by atoms with Crippen LogP contribution in [0.3, 0.4) is 0 Å². The second-order valence-corrected chi connectivity index (χ2v) is 7.83. The van der Waals surface area contributed by atoms with Gasteiger partial charge in [-0.05, 0) is 67.7 Å². The number of nitrogens with zero attached hydrogens (tertiary/aromatic N) is 5. The van der Waals surface area contributed by atoms with E-state index in [0.29, 0.717) is 11.3 Å². The molecule has 2 aromatic carbocycles. The van der Waals surface area contributed by atoms with Crippen molar-refractivity contribution >= 4 is 23.2 Å². The lowest BCUT2D eigenvalue weighted by molar-refractivity contribution is -0.137. The number of hydrogen-bond donors (Lipinski definition) is 2. The van der Waals surface area contributed by atoms with Gasteiger partial charge in [-0.2, -0.15) is 13.2 Å². The number of pyridine rings is 1. The van der Waals surface area contributed by atoms with Crippen molar-refractivity contribution in [3.05, 3.63) is 108 Å². The fourth-order valence-corrected chi connectivity index (χ4v) is 3.32. The zero-order chi connectivity index (χ0) is 36.9. The van der Waals surface area contributed by atoms with E-state index >= 15 is 0 Å². The quantitative estimate of drug-likeness (QED) is 0.260. The van der Waals surface area contributed by atoms with E-state index in [9.17, 15) is 18.0 Å². The van der Waals surface area contributed by atoms with E-state index in [1.54, 1.807) is 24.4 Å². The maximum atomic E-state index is 14.2. The normalized spacial score (nSPS) is 16.0. The van der Waals surface area contributed by atoms with E-state index in [4.69, 9.17) is 15.1 Å². The van der Waals surface area contributed by atoms with E-state index in [0.717, 1.165) is 18.2 Å². The first kappa shape index (κ1) is 15.4. The number of carbonyl (C=O) groups is 1. The van der Waals surface area contributed by atoms with E-state index in [1.165, 1.54) is 12.4 Å². The fourth-order valence-electron chi connectivity index (χ4n) is 3.32. The van der Waals surface area contributed by atoms with Crippen LogP contribution in [-0.4, -0.2) is 30.4 Å². The Labute approximate surface area is 237 Å². The molecule has 0 fully saturated rings. The highest BCUT2D eigenvalue weighted by atomic mass is 19.4. The van der Waals surface area contributed by atoms with Gasteiger partial charge in [0.15, 0.2) is 0 Å². The average Bonchev–Trinajstić information content (AvgIpc) is 3.32. The van der Waals surface area contributed by atoms with Gasteiger partial charge in [0.1, 0.15) is 1.37 Å². The van der Waals surface area contributed by atoms with Crippen LogP contribution in [0.2, 0.25) is 0 Å². The lowest BCUT2D eigenvalue weighted by Gasteiger charge is -2.14. The molecule has 3 aromatic heterocycles. The van der Waals surface area contributed by atoms with Gasteiger partial charge < -0.3 is 15.2 Å². The third-order valence-corrected chi connectivity index (χ3v) is 5.10. The third kappa shape index (κ3) is 5.93. The topological polar surface area (TPSA) is 97.6 Å². The van der Waals surface area contributed by atoms with Crippen molar-refractivity contribution in [3.63, 3.8) is 0 Å². The highest BCUT2D eigenvalue weighted by Gasteiger charge is 2.31. The van der Waals surface area contributed by atoms with Crippen molar-refractivity contribution in [1.82, 2.24) is 24.5 Å². The summed E-state index contributed by atoms with van der Waals surface area (Å²) >= 11 is 0. The van der Waals surface area contributed by atoms with Crippen LogP contribution in [0, 0.1) is 13.7 Å². The van der Waals surface area contributed by atoms with Gasteiger partial charge >= 0.3 is 6.18 Å². The van der Waals surface area contributed by atoms with Crippen molar-refractivity contribution < 1.29 is 33.0 Å². The molecule has 196 valence electrons. The molecule has 0 aliphatic heterocycles. The van der Waals surface area contributed by atoms with Gasteiger partial charge in [0.25, 0.3) is 5.91 Å². The zero-order valence-corrected chi connectivity index (χ0v) is 19.5. The average molecular weight is 541 g/mol. The number of anilines is 3. The molecule has 0 unspecified atom stereocenters. The van der Waals surface area contributed by atoms with Gasteiger partial charge in [-0.3, -0.25) is 9.78 Å². The Morgan fingerprint density at radius 1 is 1.08 bits per heavy atom. The molecule has 3 heterocycles. The van der Waals surface area contributed by atoms with Crippen LogP contribution in [0.4, 0.5) is 30.5 Å². The van der Waals surface area contributed by atoms with Crippen molar-refractivity contribution in [1.29, 1.82) is 0 Å². The maximum absolute atomic E-state index is 14.2. The number of nitrogens with one attached hydrogen (secondary N) is 2. The number of aryl methyl sites for hydroxylation is 2. The van der Waals surface area contributed by atoms with Gasteiger partial charge in [0.2, 0.25) is 5.95 Å². The monoisotopic (exact) mass is 540 g/mol. The van der Waals surface area contributed by atoms with E-state index < -0.39 is 79.0 Å². The number of alkyl halides is 3. The first-order valence-corrected chi connectivity index (χ1v) is 10.9. The fraction of sp³-hybridized carbons (Fsp3) is 0.107. The minimum atomic E-state index is -5.42. The molecule has 1 amide bonds.